The van der Waals surface area contributed by atoms with E-state index in [0.29, 0.717) is 22.2 Å². The van der Waals surface area contributed by atoms with Crippen LogP contribution in [-0.2, 0) is 16.4 Å². The van der Waals surface area contributed by atoms with Crippen molar-refractivity contribution < 1.29 is 13.5 Å². The molecule has 0 radical (unpaired) electrons. The summed E-state index contributed by atoms with van der Waals surface area (Å²) < 4.78 is 24.0. The molecule has 0 saturated heterocycles. The van der Waals surface area contributed by atoms with Crippen LogP contribution in [0.1, 0.15) is 11.3 Å². The van der Waals surface area contributed by atoms with Gasteiger partial charge in [-0.2, -0.15) is 0 Å². The third kappa shape index (κ3) is 2.83. The maximum atomic E-state index is 12.0. The smallest absolute Gasteiger partial charge is 0.177 e. The molecule has 5 nitrogen and oxygen atoms in total. The monoisotopic (exact) mass is 328 g/mol. The van der Waals surface area contributed by atoms with E-state index in [2.05, 4.69) is 9.97 Å². The van der Waals surface area contributed by atoms with Gasteiger partial charge in [0, 0.05) is 34.7 Å². The molecular weight excluding hydrogens is 312 g/mol. The number of sulfone groups is 1. The molecule has 0 amide bonds. The van der Waals surface area contributed by atoms with Gasteiger partial charge in [0.25, 0.3) is 0 Å². The molecule has 2 heterocycles. The Kier molecular flexibility index (Phi) is 3.87. The van der Waals surface area contributed by atoms with Gasteiger partial charge in [0.2, 0.25) is 0 Å². The molecule has 0 aliphatic carbocycles. The van der Waals surface area contributed by atoms with E-state index in [1.807, 2.05) is 13.0 Å². The van der Waals surface area contributed by atoms with Gasteiger partial charge in [-0.3, -0.25) is 4.98 Å². The Morgan fingerprint density at radius 2 is 1.96 bits per heavy atom. The maximum Gasteiger partial charge on any atom is 0.177 e. The Hall–Kier alpha value is -2.31. The van der Waals surface area contributed by atoms with Crippen LogP contribution in [0.4, 0.5) is 0 Å². The minimum atomic E-state index is -3.40. The predicted octanol–water partition coefficient (Wildman–Crippen LogP) is 2.50. The number of aliphatic hydroxyl groups is 1. The van der Waals surface area contributed by atoms with E-state index in [0.717, 1.165) is 11.3 Å². The third-order valence-electron chi connectivity index (χ3n) is 3.72. The first-order valence-electron chi connectivity index (χ1n) is 7.07. The van der Waals surface area contributed by atoms with E-state index in [9.17, 15) is 13.5 Å². The lowest BCUT2D eigenvalue weighted by Gasteiger charge is -2.12. The Morgan fingerprint density at radius 1 is 1.17 bits per heavy atom. The highest BCUT2D eigenvalue weighted by molar-refractivity contribution is 7.91. The number of aromatic nitrogens is 2. The predicted molar refractivity (Wildman–Crippen MR) is 88.7 cm³/mol. The summed E-state index contributed by atoms with van der Waals surface area (Å²) in [6.45, 7) is 1.67. The summed E-state index contributed by atoms with van der Waals surface area (Å²) in [6, 6.07) is 10.4. The number of pyridine rings is 2. The number of hydrogen-bond acceptors (Lipinski definition) is 5. The van der Waals surface area contributed by atoms with Crippen LogP contribution in [0.3, 0.4) is 0 Å². The molecule has 1 N–H and O–H groups in total. The number of benzene rings is 1. The van der Waals surface area contributed by atoms with E-state index >= 15 is 0 Å². The molecule has 1 aromatic carbocycles. The molecule has 0 unspecified atom stereocenters. The molecule has 118 valence electrons. The summed E-state index contributed by atoms with van der Waals surface area (Å²) in [6.07, 6.45) is 2.85. The number of hydrogen-bond donors (Lipinski definition) is 1. The molecular formula is C17H16N2O3S. The van der Waals surface area contributed by atoms with Gasteiger partial charge in [-0.15, -0.1) is 0 Å². The number of rotatable bonds is 3. The summed E-state index contributed by atoms with van der Waals surface area (Å²) in [5.41, 5.74) is 3.15. The van der Waals surface area contributed by atoms with E-state index in [-0.39, 0.29) is 11.5 Å². The van der Waals surface area contributed by atoms with Crippen molar-refractivity contribution in [3.8, 4) is 11.3 Å². The van der Waals surface area contributed by atoms with E-state index in [1.165, 1.54) is 6.26 Å². The zero-order chi connectivity index (χ0) is 16.6. The van der Waals surface area contributed by atoms with Crippen molar-refractivity contribution in [2.75, 3.05) is 6.26 Å². The Balaban J connectivity index is 2.41. The van der Waals surface area contributed by atoms with Gasteiger partial charge >= 0.3 is 0 Å². The molecule has 3 aromatic rings. The van der Waals surface area contributed by atoms with Crippen LogP contribution in [0.5, 0.6) is 0 Å². The van der Waals surface area contributed by atoms with Gasteiger partial charge in [0.1, 0.15) is 0 Å². The lowest BCUT2D eigenvalue weighted by Crippen LogP contribution is -2.02. The Bertz CT molecular complexity index is 998. The zero-order valence-electron chi connectivity index (χ0n) is 12.8. The van der Waals surface area contributed by atoms with E-state index in [1.54, 1.807) is 36.5 Å². The first-order chi connectivity index (χ1) is 10.9. The number of fused-ring (bicyclic) bond motifs is 1. The maximum absolute atomic E-state index is 12.0. The molecule has 3 rings (SSSR count). The first kappa shape index (κ1) is 15.6. The molecule has 6 heteroatoms. The van der Waals surface area contributed by atoms with Crippen molar-refractivity contribution in [1.82, 2.24) is 9.97 Å². The standard InChI is InChI=1S/C17H16N2O3S/c1-11-14(6-4-8-18-11)16-13(10-20)9-12-5-3-7-15(17(12)19-16)23(2,21)22/h3-9,20H,10H2,1-2H3. The molecule has 0 saturated carbocycles. The topological polar surface area (TPSA) is 80.2 Å². The van der Waals surface area contributed by atoms with Crippen LogP contribution in [0.25, 0.3) is 22.2 Å². The minimum absolute atomic E-state index is 0.183. The second-order valence-corrected chi connectivity index (χ2v) is 7.37. The van der Waals surface area contributed by atoms with Gasteiger partial charge in [0.05, 0.1) is 22.7 Å². The highest BCUT2D eigenvalue weighted by Gasteiger charge is 2.17. The fourth-order valence-electron chi connectivity index (χ4n) is 2.60. The molecule has 0 fully saturated rings. The second-order valence-electron chi connectivity index (χ2n) is 5.39. The molecule has 2 aromatic heterocycles. The summed E-state index contributed by atoms with van der Waals surface area (Å²) in [7, 11) is -3.40. The van der Waals surface area contributed by atoms with Gasteiger partial charge in [-0.1, -0.05) is 12.1 Å². The van der Waals surface area contributed by atoms with Crippen LogP contribution in [0.15, 0.2) is 47.5 Å². The first-order valence-corrected chi connectivity index (χ1v) is 8.96. The quantitative estimate of drug-likeness (QED) is 0.799. The molecule has 0 bridgehead atoms. The number of aliphatic hydroxyl groups excluding tert-OH is 1. The second kappa shape index (κ2) is 5.72. The zero-order valence-corrected chi connectivity index (χ0v) is 13.6. The normalized spacial score (nSPS) is 11.8. The largest absolute Gasteiger partial charge is 0.392 e. The highest BCUT2D eigenvalue weighted by atomic mass is 32.2. The van der Waals surface area contributed by atoms with Crippen LogP contribution >= 0.6 is 0 Å². The average molecular weight is 328 g/mol. The SMILES string of the molecule is Cc1ncccc1-c1nc2c(S(C)(=O)=O)cccc2cc1CO. The number of para-hydroxylation sites is 1. The molecule has 0 aliphatic rings. The van der Waals surface area contributed by atoms with Crippen molar-refractivity contribution in [1.29, 1.82) is 0 Å². The van der Waals surface area contributed by atoms with Crippen LogP contribution < -0.4 is 0 Å². The summed E-state index contributed by atoms with van der Waals surface area (Å²) in [4.78, 5) is 8.99. The molecule has 0 spiro atoms. The van der Waals surface area contributed by atoms with Gasteiger partial charge in [-0.05, 0) is 31.2 Å². The molecule has 0 aliphatic heterocycles. The summed E-state index contributed by atoms with van der Waals surface area (Å²) in [5, 5.41) is 10.4. The molecule has 0 atom stereocenters. The minimum Gasteiger partial charge on any atom is -0.392 e. The van der Waals surface area contributed by atoms with E-state index < -0.39 is 9.84 Å². The number of nitrogens with zero attached hydrogens (tertiary/aromatic N) is 2. The summed E-state index contributed by atoms with van der Waals surface area (Å²) in [5.74, 6) is 0. The summed E-state index contributed by atoms with van der Waals surface area (Å²) >= 11 is 0. The fraction of sp³-hybridized carbons (Fsp3) is 0.176. The Labute approximate surface area is 134 Å². The lowest BCUT2D eigenvalue weighted by molar-refractivity contribution is 0.282. The van der Waals surface area contributed by atoms with Gasteiger partial charge in [0.15, 0.2) is 9.84 Å². The van der Waals surface area contributed by atoms with Crippen LogP contribution in [0.2, 0.25) is 0 Å². The van der Waals surface area contributed by atoms with Crippen LogP contribution in [-0.4, -0.2) is 29.7 Å². The van der Waals surface area contributed by atoms with E-state index in [4.69, 9.17) is 0 Å². The van der Waals surface area contributed by atoms with Crippen LogP contribution in [0, 0.1) is 6.92 Å². The molecule has 23 heavy (non-hydrogen) atoms. The average Bonchev–Trinajstić information content (AvgIpc) is 2.52. The third-order valence-corrected chi connectivity index (χ3v) is 4.85. The van der Waals surface area contributed by atoms with Gasteiger partial charge < -0.3 is 5.11 Å². The van der Waals surface area contributed by atoms with Crippen molar-refractivity contribution in [2.24, 2.45) is 0 Å². The highest BCUT2D eigenvalue weighted by Crippen LogP contribution is 2.30. The number of aryl methyl sites for hydroxylation is 1. The van der Waals surface area contributed by atoms with Crippen molar-refractivity contribution in [2.45, 2.75) is 18.4 Å². The van der Waals surface area contributed by atoms with Gasteiger partial charge in [-0.25, -0.2) is 13.4 Å². The Morgan fingerprint density at radius 3 is 2.61 bits per heavy atom. The van der Waals surface area contributed by atoms with Crippen molar-refractivity contribution >= 4 is 20.7 Å². The lowest BCUT2D eigenvalue weighted by atomic mass is 10.0. The van der Waals surface area contributed by atoms with Crippen molar-refractivity contribution in [3.63, 3.8) is 0 Å². The van der Waals surface area contributed by atoms with Crippen molar-refractivity contribution in [3.05, 3.63) is 53.9 Å². The fourth-order valence-corrected chi connectivity index (χ4v) is 3.44.